The van der Waals surface area contributed by atoms with Crippen molar-refractivity contribution in [1.82, 2.24) is 29.5 Å². The fraction of sp³-hybridized carbons (Fsp3) is 0.833. The Bertz CT molecular complexity index is 659. The third-order valence-corrected chi connectivity index (χ3v) is 5.82. The van der Waals surface area contributed by atoms with E-state index in [-0.39, 0.29) is 17.8 Å². The average Bonchev–Trinajstić information content (AvgIpc) is 3.19. The largest absolute Gasteiger partial charge is 0.377 e. The first-order valence-electron chi connectivity index (χ1n) is 9.84. The topological polar surface area (TPSA) is 76.0 Å². The van der Waals surface area contributed by atoms with Crippen LogP contribution in [0.25, 0.3) is 0 Å². The molecular weight excluding hydrogens is 348 g/mol. The maximum Gasteiger partial charge on any atom is 0.293 e. The lowest BCUT2D eigenvalue weighted by Gasteiger charge is -2.35. The van der Waals surface area contributed by atoms with Crippen molar-refractivity contribution < 1.29 is 14.3 Å². The van der Waals surface area contributed by atoms with Crippen molar-refractivity contribution in [3.63, 3.8) is 0 Å². The van der Waals surface area contributed by atoms with Crippen LogP contribution < -0.4 is 0 Å². The van der Waals surface area contributed by atoms with Crippen LogP contribution in [0.3, 0.4) is 0 Å². The zero-order valence-electron chi connectivity index (χ0n) is 16.3. The lowest BCUT2D eigenvalue weighted by molar-refractivity contribution is -0.0915. The molecule has 3 aliphatic rings. The van der Waals surface area contributed by atoms with Crippen LogP contribution >= 0.6 is 0 Å². The van der Waals surface area contributed by atoms with E-state index in [1.54, 1.807) is 23.0 Å². The fourth-order valence-electron chi connectivity index (χ4n) is 4.22. The minimum atomic E-state index is -0.405. The van der Waals surface area contributed by atoms with Crippen molar-refractivity contribution in [2.24, 2.45) is 7.05 Å². The van der Waals surface area contributed by atoms with Gasteiger partial charge in [0.05, 0.1) is 25.9 Å². The van der Waals surface area contributed by atoms with Gasteiger partial charge in [-0.1, -0.05) is 0 Å². The van der Waals surface area contributed by atoms with E-state index in [1.807, 2.05) is 0 Å². The zero-order chi connectivity index (χ0) is 18.9. The first-order valence-corrected chi connectivity index (χ1v) is 9.84. The Hall–Kier alpha value is -1.55. The Labute approximate surface area is 160 Å². The summed E-state index contributed by atoms with van der Waals surface area (Å²) in [6, 6.07) is 0. The average molecular weight is 378 g/mol. The molecular formula is C18H30N6O3. The lowest BCUT2D eigenvalue weighted by atomic mass is 10.00. The summed E-state index contributed by atoms with van der Waals surface area (Å²) in [6.07, 6.45) is 3.69. The number of hydrogen-bond acceptors (Lipinski definition) is 7. The van der Waals surface area contributed by atoms with E-state index in [0.29, 0.717) is 26.3 Å². The highest BCUT2D eigenvalue weighted by atomic mass is 16.6. The molecule has 0 saturated carbocycles. The molecule has 4 heterocycles. The smallest absolute Gasteiger partial charge is 0.293 e. The molecule has 4 rings (SSSR count). The minimum absolute atomic E-state index is 0.147. The summed E-state index contributed by atoms with van der Waals surface area (Å²) in [4.78, 5) is 23.5. The van der Waals surface area contributed by atoms with E-state index < -0.39 is 5.60 Å². The van der Waals surface area contributed by atoms with Crippen LogP contribution in [0.1, 0.15) is 23.5 Å². The van der Waals surface area contributed by atoms with Gasteiger partial charge in [0.1, 0.15) is 11.9 Å². The quantitative estimate of drug-likeness (QED) is 0.699. The van der Waals surface area contributed by atoms with Crippen LogP contribution in [-0.2, 0) is 16.5 Å². The van der Waals surface area contributed by atoms with Gasteiger partial charge in [0.2, 0.25) is 5.82 Å². The number of ether oxygens (including phenoxy) is 2. The Kier molecular flexibility index (Phi) is 5.45. The number of amides is 1. The van der Waals surface area contributed by atoms with Crippen molar-refractivity contribution in [3.05, 3.63) is 12.2 Å². The summed E-state index contributed by atoms with van der Waals surface area (Å²) < 4.78 is 13.9. The zero-order valence-corrected chi connectivity index (χ0v) is 16.3. The van der Waals surface area contributed by atoms with Crippen molar-refractivity contribution in [2.75, 3.05) is 66.1 Å². The SMILES string of the molecule is CN1CCN(CC2CC[C@]3(COCCN(C(=O)c4ncn(C)n4)C3)O2)CC1. The van der Waals surface area contributed by atoms with Gasteiger partial charge >= 0.3 is 0 Å². The van der Waals surface area contributed by atoms with E-state index in [1.165, 1.54) is 0 Å². The number of carbonyl (C=O) groups is 1. The predicted octanol–water partition coefficient (Wildman–Crippen LogP) is -0.547. The van der Waals surface area contributed by atoms with Crippen LogP contribution in [0.15, 0.2) is 6.33 Å². The minimum Gasteiger partial charge on any atom is -0.377 e. The Balaban J connectivity index is 1.38. The molecule has 3 fully saturated rings. The highest BCUT2D eigenvalue weighted by molar-refractivity contribution is 5.90. The number of carbonyl (C=O) groups excluding carboxylic acids is 1. The van der Waals surface area contributed by atoms with Gasteiger partial charge < -0.3 is 19.3 Å². The summed E-state index contributed by atoms with van der Waals surface area (Å²) in [6.45, 7) is 7.53. The van der Waals surface area contributed by atoms with Crippen molar-refractivity contribution in [2.45, 2.75) is 24.5 Å². The number of aryl methyl sites for hydroxylation is 1. The first-order chi connectivity index (χ1) is 13.0. The van der Waals surface area contributed by atoms with Crippen molar-refractivity contribution >= 4 is 5.91 Å². The van der Waals surface area contributed by atoms with Crippen LogP contribution in [-0.4, -0.2) is 113 Å². The van der Waals surface area contributed by atoms with E-state index in [9.17, 15) is 4.79 Å². The number of hydrogen-bond donors (Lipinski definition) is 0. The highest BCUT2D eigenvalue weighted by Gasteiger charge is 2.44. The predicted molar refractivity (Wildman–Crippen MR) is 98.5 cm³/mol. The molecule has 150 valence electrons. The molecule has 1 spiro atoms. The van der Waals surface area contributed by atoms with Gasteiger partial charge in [0.15, 0.2) is 0 Å². The number of piperazine rings is 1. The monoisotopic (exact) mass is 378 g/mol. The molecule has 0 aliphatic carbocycles. The number of likely N-dealkylation sites (N-methyl/N-ethyl adjacent to an activating group) is 1. The van der Waals surface area contributed by atoms with E-state index in [2.05, 4.69) is 26.9 Å². The second kappa shape index (κ2) is 7.83. The van der Waals surface area contributed by atoms with E-state index in [0.717, 1.165) is 45.6 Å². The Morgan fingerprint density at radius 3 is 2.81 bits per heavy atom. The molecule has 9 nitrogen and oxygen atoms in total. The summed E-state index contributed by atoms with van der Waals surface area (Å²) in [7, 11) is 3.93. The number of rotatable bonds is 3. The fourth-order valence-corrected chi connectivity index (χ4v) is 4.22. The third-order valence-electron chi connectivity index (χ3n) is 5.82. The molecule has 0 bridgehead atoms. The highest BCUT2D eigenvalue weighted by Crippen LogP contribution is 2.33. The summed E-state index contributed by atoms with van der Waals surface area (Å²) >= 11 is 0. The molecule has 3 saturated heterocycles. The van der Waals surface area contributed by atoms with Crippen LogP contribution in [0, 0.1) is 0 Å². The van der Waals surface area contributed by atoms with Gasteiger partial charge in [-0.25, -0.2) is 4.98 Å². The maximum absolute atomic E-state index is 12.8. The molecule has 1 aromatic heterocycles. The Morgan fingerprint density at radius 2 is 2.07 bits per heavy atom. The van der Waals surface area contributed by atoms with Gasteiger partial charge in [-0.05, 0) is 19.9 Å². The molecule has 3 aliphatic heterocycles. The molecule has 0 aromatic carbocycles. The van der Waals surface area contributed by atoms with Crippen LogP contribution in [0.2, 0.25) is 0 Å². The molecule has 1 unspecified atom stereocenters. The van der Waals surface area contributed by atoms with Crippen molar-refractivity contribution in [1.29, 1.82) is 0 Å². The van der Waals surface area contributed by atoms with Gasteiger partial charge in [-0.2, -0.15) is 0 Å². The van der Waals surface area contributed by atoms with Gasteiger partial charge in [0, 0.05) is 46.3 Å². The van der Waals surface area contributed by atoms with Gasteiger partial charge in [0.25, 0.3) is 5.91 Å². The summed E-state index contributed by atoms with van der Waals surface area (Å²) in [5.74, 6) is 0.0909. The van der Waals surface area contributed by atoms with Crippen LogP contribution in [0.4, 0.5) is 0 Å². The summed E-state index contributed by atoms with van der Waals surface area (Å²) in [5, 5.41) is 4.15. The second-order valence-corrected chi connectivity index (χ2v) is 8.09. The summed E-state index contributed by atoms with van der Waals surface area (Å²) in [5.41, 5.74) is -0.405. The maximum atomic E-state index is 12.8. The normalized spacial score (nSPS) is 30.7. The van der Waals surface area contributed by atoms with E-state index in [4.69, 9.17) is 9.47 Å². The molecule has 0 radical (unpaired) electrons. The van der Waals surface area contributed by atoms with Gasteiger partial charge in [-0.3, -0.25) is 14.4 Å². The molecule has 27 heavy (non-hydrogen) atoms. The van der Waals surface area contributed by atoms with Crippen LogP contribution in [0.5, 0.6) is 0 Å². The molecule has 0 N–H and O–H groups in total. The molecule has 1 aromatic rings. The lowest BCUT2D eigenvalue weighted by Crippen LogP contribution is -2.49. The molecule has 9 heteroatoms. The molecule has 2 atom stereocenters. The van der Waals surface area contributed by atoms with Crippen molar-refractivity contribution in [3.8, 4) is 0 Å². The second-order valence-electron chi connectivity index (χ2n) is 8.09. The van der Waals surface area contributed by atoms with E-state index >= 15 is 0 Å². The number of aromatic nitrogens is 3. The number of nitrogens with zero attached hydrogens (tertiary/aromatic N) is 6. The van der Waals surface area contributed by atoms with Gasteiger partial charge in [-0.15, -0.1) is 5.10 Å². The molecule has 1 amide bonds. The Morgan fingerprint density at radius 1 is 1.26 bits per heavy atom. The standard InChI is InChI=1S/C18H30N6O3/c1-21-5-7-23(8-6-21)11-15-3-4-18(27-15)12-24(9-10-26-13-18)17(25)16-19-14-22(2)20-16/h14-15H,3-13H2,1-2H3/t15?,18-/m0/s1. The first kappa shape index (κ1) is 18.8. The third kappa shape index (κ3) is 4.31.